The van der Waals surface area contributed by atoms with Crippen molar-refractivity contribution in [2.24, 2.45) is 7.05 Å². The van der Waals surface area contributed by atoms with E-state index in [-0.39, 0.29) is 0 Å². The van der Waals surface area contributed by atoms with Crippen LogP contribution in [0, 0.1) is 0 Å². The molecular weight excluding hydrogens is 438 g/mol. The Balaban J connectivity index is 1.16. The van der Waals surface area contributed by atoms with Crippen molar-refractivity contribution in [2.75, 3.05) is 38.1 Å². The highest BCUT2D eigenvalue weighted by atomic mass is 15.3. The van der Waals surface area contributed by atoms with Gasteiger partial charge in [0.15, 0.2) is 0 Å². The van der Waals surface area contributed by atoms with E-state index in [4.69, 9.17) is 15.0 Å². The fourth-order valence-electron chi connectivity index (χ4n) is 5.52. The molecule has 1 saturated heterocycles. The summed E-state index contributed by atoms with van der Waals surface area (Å²) < 4.78 is 4.26. The van der Waals surface area contributed by atoms with Crippen LogP contribution < -0.4 is 4.90 Å². The molecule has 0 unspecified atom stereocenters. The number of aryl methyl sites for hydroxylation is 2. The topological polar surface area (TPSA) is 70.6 Å². The van der Waals surface area contributed by atoms with E-state index in [9.17, 15) is 0 Å². The zero-order valence-corrected chi connectivity index (χ0v) is 20.6. The number of hydrogen-bond donors (Lipinski definition) is 0. The van der Waals surface area contributed by atoms with Gasteiger partial charge in [-0.25, -0.2) is 15.0 Å². The van der Waals surface area contributed by atoms with E-state index in [1.807, 2.05) is 31.0 Å². The third kappa shape index (κ3) is 4.41. The van der Waals surface area contributed by atoms with Gasteiger partial charge in [0.1, 0.15) is 5.65 Å². The van der Waals surface area contributed by atoms with E-state index >= 15 is 0 Å². The van der Waals surface area contributed by atoms with Crippen molar-refractivity contribution < 1.29 is 0 Å². The second-order valence-corrected chi connectivity index (χ2v) is 9.84. The van der Waals surface area contributed by atoms with E-state index < -0.39 is 0 Å². The Bertz CT molecular complexity index is 1300. The van der Waals surface area contributed by atoms with E-state index in [0.29, 0.717) is 6.04 Å². The molecule has 1 aliphatic heterocycles. The Morgan fingerprint density at radius 3 is 2.80 bits per heavy atom. The van der Waals surface area contributed by atoms with Gasteiger partial charge in [0.25, 0.3) is 0 Å². The number of piperazine rings is 1. The number of imidazole rings is 2. The molecule has 0 bridgehead atoms. The van der Waals surface area contributed by atoms with Gasteiger partial charge in [0.2, 0.25) is 5.95 Å². The molecule has 6 rings (SSSR count). The van der Waals surface area contributed by atoms with Gasteiger partial charge in [-0.2, -0.15) is 0 Å². The van der Waals surface area contributed by atoms with Gasteiger partial charge in [-0.15, -0.1) is 0 Å². The molecule has 1 aliphatic carbocycles. The normalized spacial score (nSPS) is 18.9. The Kier molecular flexibility index (Phi) is 5.95. The SMILES string of the molecule is CN(Cc1cn2c(N3CCN(Cc4cncn4C)CC3)nccc2n1)[C@H]1CCCc2cccnc21. The van der Waals surface area contributed by atoms with Crippen molar-refractivity contribution in [1.82, 2.24) is 38.7 Å². The number of aromatic nitrogens is 6. The molecular formula is C26H33N9. The number of hydrogen-bond acceptors (Lipinski definition) is 7. The van der Waals surface area contributed by atoms with Crippen molar-refractivity contribution in [2.45, 2.75) is 38.4 Å². The lowest BCUT2D eigenvalue weighted by Crippen LogP contribution is -2.47. The van der Waals surface area contributed by atoms with Crippen LogP contribution >= 0.6 is 0 Å². The molecule has 9 heteroatoms. The number of rotatable bonds is 6. The molecule has 0 radical (unpaired) electrons. The smallest absolute Gasteiger partial charge is 0.211 e. The summed E-state index contributed by atoms with van der Waals surface area (Å²) in [6.07, 6.45) is 13.3. The number of anilines is 1. The second-order valence-electron chi connectivity index (χ2n) is 9.84. The first-order valence-corrected chi connectivity index (χ1v) is 12.6. The highest BCUT2D eigenvalue weighted by Crippen LogP contribution is 2.32. The van der Waals surface area contributed by atoms with Gasteiger partial charge in [0, 0.05) is 71.1 Å². The van der Waals surface area contributed by atoms with Gasteiger partial charge in [-0.3, -0.25) is 19.2 Å². The molecule has 0 amide bonds. The van der Waals surface area contributed by atoms with Crippen LogP contribution in [0.3, 0.4) is 0 Å². The van der Waals surface area contributed by atoms with Gasteiger partial charge in [-0.1, -0.05) is 6.07 Å². The minimum Gasteiger partial charge on any atom is -0.339 e. The van der Waals surface area contributed by atoms with Crippen molar-refractivity contribution >= 4 is 11.6 Å². The Morgan fingerprint density at radius 2 is 1.97 bits per heavy atom. The molecule has 5 heterocycles. The molecule has 2 aliphatic rings. The third-order valence-corrected chi connectivity index (χ3v) is 7.48. The van der Waals surface area contributed by atoms with E-state index in [1.54, 1.807) is 0 Å². The molecule has 35 heavy (non-hydrogen) atoms. The summed E-state index contributed by atoms with van der Waals surface area (Å²) in [6, 6.07) is 6.62. The number of fused-ring (bicyclic) bond motifs is 2. The standard InChI is InChI=1S/C26H33N9/c1-31(23-7-3-5-20-6-4-9-28-25(20)23)16-21-17-35-24(30-21)8-10-29-26(35)34-13-11-33(12-14-34)18-22-15-27-19-32(22)2/h4,6,8-10,15,17,19,23H,3,5,7,11-14,16,18H2,1-2H3/t23-/m0/s1. The molecule has 0 N–H and O–H groups in total. The first-order chi connectivity index (χ1) is 17.2. The zero-order valence-electron chi connectivity index (χ0n) is 20.6. The Hall–Kier alpha value is -3.30. The Morgan fingerprint density at radius 1 is 1.09 bits per heavy atom. The average Bonchev–Trinajstić information content (AvgIpc) is 3.49. The fraction of sp³-hybridized carbons (Fsp3) is 0.462. The van der Waals surface area contributed by atoms with E-state index in [0.717, 1.165) is 69.4 Å². The molecule has 4 aromatic heterocycles. The number of pyridine rings is 1. The summed E-state index contributed by atoms with van der Waals surface area (Å²) in [5.74, 6) is 0.980. The zero-order chi connectivity index (χ0) is 23.8. The van der Waals surface area contributed by atoms with Gasteiger partial charge < -0.3 is 9.47 Å². The lowest BCUT2D eigenvalue weighted by molar-refractivity contribution is 0.206. The highest BCUT2D eigenvalue weighted by Gasteiger charge is 2.26. The largest absolute Gasteiger partial charge is 0.339 e. The summed E-state index contributed by atoms with van der Waals surface area (Å²) in [5, 5.41) is 0. The average molecular weight is 472 g/mol. The lowest BCUT2D eigenvalue weighted by atomic mass is 9.91. The maximum atomic E-state index is 4.95. The third-order valence-electron chi connectivity index (χ3n) is 7.48. The summed E-state index contributed by atoms with van der Waals surface area (Å²) in [6.45, 7) is 5.62. The quantitative estimate of drug-likeness (QED) is 0.428. The van der Waals surface area contributed by atoms with Crippen LogP contribution in [0.4, 0.5) is 5.95 Å². The minimum atomic E-state index is 0.342. The van der Waals surface area contributed by atoms with Crippen LogP contribution in [0.15, 0.2) is 49.3 Å². The predicted octanol–water partition coefficient (Wildman–Crippen LogP) is 2.69. The summed E-state index contributed by atoms with van der Waals surface area (Å²) in [5.41, 5.74) is 5.89. The van der Waals surface area contributed by atoms with Crippen molar-refractivity contribution in [3.8, 4) is 0 Å². The maximum absolute atomic E-state index is 4.95. The van der Waals surface area contributed by atoms with Crippen LogP contribution in [0.25, 0.3) is 5.65 Å². The predicted molar refractivity (Wildman–Crippen MR) is 135 cm³/mol. The first-order valence-electron chi connectivity index (χ1n) is 12.6. The van der Waals surface area contributed by atoms with E-state index in [2.05, 4.69) is 61.1 Å². The molecule has 9 nitrogen and oxygen atoms in total. The molecule has 1 atom stereocenters. The molecule has 0 aromatic carbocycles. The van der Waals surface area contributed by atoms with E-state index in [1.165, 1.54) is 23.4 Å². The monoisotopic (exact) mass is 471 g/mol. The van der Waals surface area contributed by atoms with Gasteiger partial charge >= 0.3 is 0 Å². The van der Waals surface area contributed by atoms with Crippen LogP contribution in [-0.2, 0) is 26.6 Å². The van der Waals surface area contributed by atoms with Gasteiger partial charge in [-0.05, 0) is 44.0 Å². The molecule has 182 valence electrons. The first kappa shape index (κ1) is 22.2. The lowest BCUT2D eigenvalue weighted by Gasteiger charge is -2.35. The van der Waals surface area contributed by atoms with Crippen LogP contribution in [0.5, 0.6) is 0 Å². The van der Waals surface area contributed by atoms with Crippen LogP contribution in [0.2, 0.25) is 0 Å². The van der Waals surface area contributed by atoms with Crippen LogP contribution in [0.1, 0.15) is 41.5 Å². The fourth-order valence-corrected chi connectivity index (χ4v) is 5.52. The molecule has 4 aromatic rings. The van der Waals surface area contributed by atoms with Crippen molar-refractivity contribution in [3.63, 3.8) is 0 Å². The molecule has 0 spiro atoms. The minimum absolute atomic E-state index is 0.342. The Labute approximate surface area is 206 Å². The molecule has 1 fully saturated rings. The molecule has 0 saturated carbocycles. The van der Waals surface area contributed by atoms with Crippen molar-refractivity contribution in [1.29, 1.82) is 0 Å². The summed E-state index contributed by atoms with van der Waals surface area (Å²) in [7, 11) is 4.25. The highest BCUT2D eigenvalue weighted by molar-refractivity contribution is 5.48. The van der Waals surface area contributed by atoms with Gasteiger partial charge in [0.05, 0.1) is 29.5 Å². The van der Waals surface area contributed by atoms with Crippen molar-refractivity contribution in [3.05, 3.63) is 72.0 Å². The van der Waals surface area contributed by atoms with Crippen LogP contribution in [-0.4, -0.2) is 71.9 Å². The summed E-state index contributed by atoms with van der Waals surface area (Å²) >= 11 is 0. The number of nitrogens with zero attached hydrogens (tertiary/aromatic N) is 9. The second kappa shape index (κ2) is 9.39. The summed E-state index contributed by atoms with van der Waals surface area (Å²) in [4.78, 5) is 25.9. The maximum Gasteiger partial charge on any atom is 0.211 e.